The van der Waals surface area contributed by atoms with Crippen LogP contribution in [0.25, 0.3) is 5.57 Å². The van der Waals surface area contributed by atoms with Crippen LogP contribution in [0.4, 0.5) is 0 Å². The average Bonchev–Trinajstić information content (AvgIpc) is 2.36. The van der Waals surface area contributed by atoms with Crippen LogP contribution in [-0.4, -0.2) is 18.4 Å². The smallest absolute Gasteiger partial charge is 0.331 e. The maximum atomic E-state index is 11.8. The monoisotopic (exact) mass is 232 g/mol. The molecule has 0 fully saturated rings. The summed E-state index contributed by atoms with van der Waals surface area (Å²) in [6.45, 7) is 3.80. The van der Waals surface area contributed by atoms with Crippen molar-refractivity contribution in [3.63, 3.8) is 0 Å². The third-order valence-corrected chi connectivity index (χ3v) is 2.26. The van der Waals surface area contributed by atoms with Crippen LogP contribution in [0.5, 0.6) is 0 Å². The molecule has 0 N–H and O–H groups in total. The molecule has 0 saturated carbocycles. The molecule has 3 nitrogen and oxygen atoms in total. The van der Waals surface area contributed by atoms with Gasteiger partial charge in [-0.2, -0.15) is 0 Å². The van der Waals surface area contributed by atoms with E-state index >= 15 is 0 Å². The summed E-state index contributed by atoms with van der Waals surface area (Å²) in [7, 11) is 0. The molecule has 0 aliphatic heterocycles. The Morgan fingerprint density at radius 2 is 1.82 bits per heavy atom. The first-order chi connectivity index (χ1) is 8.19. The lowest BCUT2D eigenvalue weighted by Crippen LogP contribution is -2.06. The van der Waals surface area contributed by atoms with Gasteiger partial charge < -0.3 is 4.74 Å². The fraction of sp³-hybridized carbons (Fsp3) is 0.286. The number of benzene rings is 1. The van der Waals surface area contributed by atoms with E-state index in [0.29, 0.717) is 18.6 Å². The van der Waals surface area contributed by atoms with Gasteiger partial charge >= 0.3 is 5.97 Å². The fourth-order valence-corrected chi connectivity index (χ4v) is 1.43. The Hall–Kier alpha value is -1.90. The highest BCUT2D eigenvalue weighted by atomic mass is 16.5. The van der Waals surface area contributed by atoms with Crippen LogP contribution in [0.3, 0.4) is 0 Å². The number of esters is 1. The van der Waals surface area contributed by atoms with E-state index in [4.69, 9.17) is 4.74 Å². The molecule has 0 bridgehead atoms. The Labute approximate surface area is 101 Å². The van der Waals surface area contributed by atoms with Gasteiger partial charge in [0.25, 0.3) is 0 Å². The summed E-state index contributed by atoms with van der Waals surface area (Å²) in [4.78, 5) is 23.2. The van der Waals surface area contributed by atoms with Gasteiger partial charge in [0.15, 0.2) is 5.78 Å². The summed E-state index contributed by atoms with van der Waals surface area (Å²) in [5, 5.41) is 0. The molecule has 0 aliphatic rings. The first kappa shape index (κ1) is 13.2. The van der Waals surface area contributed by atoms with E-state index in [2.05, 4.69) is 0 Å². The summed E-state index contributed by atoms with van der Waals surface area (Å²) < 4.78 is 4.82. The molecule has 0 radical (unpaired) electrons. The van der Waals surface area contributed by atoms with Gasteiger partial charge in [0, 0.05) is 18.1 Å². The quantitative estimate of drug-likeness (QED) is 0.579. The molecule has 1 rings (SSSR count). The Kier molecular flexibility index (Phi) is 5.14. The minimum Gasteiger partial charge on any atom is -0.463 e. The molecule has 0 aliphatic carbocycles. The van der Waals surface area contributed by atoms with E-state index in [1.54, 1.807) is 26.0 Å². The molecule has 17 heavy (non-hydrogen) atoms. The van der Waals surface area contributed by atoms with Crippen LogP contribution in [0, 0.1) is 0 Å². The third kappa shape index (κ3) is 3.87. The number of rotatable bonds is 5. The van der Waals surface area contributed by atoms with Gasteiger partial charge in [0.1, 0.15) is 0 Å². The standard InChI is InChI=1S/C14H16O3/c1-3-13(15)12(10-14(16)17-4-2)11-8-6-5-7-9-11/h5-10H,3-4H2,1-2H3/b12-10-. The summed E-state index contributed by atoms with van der Waals surface area (Å²) in [5.74, 6) is -0.544. The number of carbonyl (C=O) groups is 2. The zero-order valence-electron chi connectivity index (χ0n) is 10.1. The minimum absolute atomic E-state index is 0.0655. The molecule has 3 heteroatoms. The normalized spacial score (nSPS) is 11.1. The number of hydrogen-bond donors (Lipinski definition) is 0. The zero-order valence-corrected chi connectivity index (χ0v) is 10.1. The number of carbonyl (C=O) groups excluding carboxylic acids is 2. The Balaban J connectivity index is 3.05. The van der Waals surface area contributed by atoms with Gasteiger partial charge in [0.2, 0.25) is 0 Å². The second kappa shape index (κ2) is 6.63. The van der Waals surface area contributed by atoms with E-state index in [1.165, 1.54) is 6.08 Å². The van der Waals surface area contributed by atoms with Gasteiger partial charge in [-0.3, -0.25) is 4.79 Å². The van der Waals surface area contributed by atoms with Crippen molar-refractivity contribution in [3.05, 3.63) is 42.0 Å². The van der Waals surface area contributed by atoms with Crippen molar-refractivity contribution in [2.75, 3.05) is 6.61 Å². The highest BCUT2D eigenvalue weighted by Gasteiger charge is 2.12. The Morgan fingerprint density at radius 1 is 1.18 bits per heavy atom. The molecule has 1 aromatic carbocycles. The van der Waals surface area contributed by atoms with Crippen molar-refractivity contribution < 1.29 is 14.3 Å². The summed E-state index contributed by atoms with van der Waals surface area (Å²) in [6, 6.07) is 9.13. The highest BCUT2D eigenvalue weighted by molar-refractivity contribution is 6.23. The summed E-state index contributed by atoms with van der Waals surface area (Å²) in [5.41, 5.74) is 1.15. The number of hydrogen-bond acceptors (Lipinski definition) is 3. The first-order valence-corrected chi connectivity index (χ1v) is 5.66. The fourth-order valence-electron chi connectivity index (χ4n) is 1.43. The molecule has 0 aromatic heterocycles. The van der Waals surface area contributed by atoms with Crippen LogP contribution in [-0.2, 0) is 14.3 Å². The van der Waals surface area contributed by atoms with Crippen molar-refractivity contribution in [3.8, 4) is 0 Å². The van der Waals surface area contributed by atoms with E-state index < -0.39 is 5.97 Å². The molecule has 0 atom stereocenters. The third-order valence-electron chi connectivity index (χ3n) is 2.26. The van der Waals surface area contributed by atoms with Gasteiger partial charge in [-0.15, -0.1) is 0 Å². The van der Waals surface area contributed by atoms with E-state index in [-0.39, 0.29) is 5.78 Å². The van der Waals surface area contributed by atoms with Crippen molar-refractivity contribution in [1.82, 2.24) is 0 Å². The molecule has 0 spiro atoms. The van der Waals surface area contributed by atoms with Crippen molar-refractivity contribution in [1.29, 1.82) is 0 Å². The van der Waals surface area contributed by atoms with Crippen molar-refractivity contribution in [2.45, 2.75) is 20.3 Å². The number of ketones is 1. The molecule has 0 saturated heterocycles. The molecule has 0 unspecified atom stereocenters. The van der Waals surface area contributed by atoms with Gasteiger partial charge in [-0.25, -0.2) is 4.79 Å². The second-order valence-corrected chi connectivity index (χ2v) is 3.45. The lowest BCUT2D eigenvalue weighted by Gasteiger charge is -2.05. The molecule has 0 amide bonds. The van der Waals surface area contributed by atoms with Gasteiger partial charge in [-0.05, 0) is 12.5 Å². The summed E-state index contributed by atoms with van der Waals surface area (Å²) >= 11 is 0. The number of allylic oxidation sites excluding steroid dienone is 1. The zero-order chi connectivity index (χ0) is 12.7. The Bertz CT molecular complexity index is 418. The minimum atomic E-state index is -0.479. The molecule has 90 valence electrons. The van der Waals surface area contributed by atoms with E-state index in [0.717, 1.165) is 5.56 Å². The molecular weight excluding hydrogens is 216 g/mol. The van der Waals surface area contributed by atoms with Crippen LogP contribution < -0.4 is 0 Å². The number of ether oxygens (including phenoxy) is 1. The average molecular weight is 232 g/mol. The van der Waals surface area contributed by atoms with Crippen molar-refractivity contribution in [2.24, 2.45) is 0 Å². The Morgan fingerprint density at radius 3 is 2.35 bits per heavy atom. The lowest BCUT2D eigenvalue weighted by molar-refractivity contribution is -0.137. The van der Waals surface area contributed by atoms with Crippen LogP contribution >= 0.6 is 0 Å². The number of Topliss-reactive ketones (excluding diaryl/α,β-unsaturated/α-hetero) is 1. The molecule has 1 aromatic rings. The molecular formula is C14H16O3. The maximum Gasteiger partial charge on any atom is 0.331 e. The van der Waals surface area contributed by atoms with E-state index in [1.807, 2.05) is 18.2 Å². The second-order valence-electron chi connectivity index (χ2n) is 3.45. The predicted octanol–water partition coefficient (Wildman–Crippen LogP) is 2.61. The highest BCUT2D eigenvalue weighted by Crippen LogP contribution is 2.16. The first-order valence-electron chi connectivity index (χ1n) is 5.66. The van der Waals surface area contributed by atoms with Crippen molar-refractivity contribution >= 4 is 17.3 Å². The van der Waals surface area contributed by atoms with Gasteiger partial charge in [-0.1, -0.05) is 37.3 Å². The SMILES string of the molecule is CCOC(=O)/C=C(\C(=O)CC)c1ccccc1. The van der Waals surface area contributed by atoms with Gasteiger partial charge in [0.05, 0.1) is 6.61 Å². The summed E-state index contributed by atoms with van der Waals surface area (Å²) in [6.07, 6.45) is 1.63. The van der Waals surface area contributed by atoms with Crippen LogP contribution in [0.1, 0.15) is 25.8 Å². The predicted molar refractivity (Wildman–Crippen MR) is 66.4 cm³/mol. The van der Waals surface area contributed by atoms with Crippen LogP contribution in [0.2, 0.25) is 0 Å². The van der Waals surface area contributed by atoms with Crippen LogP contribution in [0.15, 0.2) is 36.4 Å². The maximum absolute atomic E-state index is 11.8. The topological polar surface area (TPSA) is 43.4 Å². The lowest BCUT2D eigenvalue weighted by atomic mass is 10.00. The largest absolute Gasteiger partial charge is 0.463 e. The molecule has 0 heterocycles. The van der Waals surface area contributed by atoms with E-state index in [9.17, 15) is 9.59 Å².